The summed E-state index contributed by atoms with van der Waals surface area (Å²) in [4.78, 5) is 44.1. The molecule has 1 aromatic carbocycles. The van der Waals surface area contributed by atoms with Gasteiger partial charge in [0.1, 0.15) is 17.4 Å². The zero-order chi connectivity index (χ0) is 29.1. The van der Waals surface area contributed by atoms with Gasteiger partial charge in [0.15, 0.2) is 5.82 Å². The molecule has 1 aromatic heterocycles. The largest absolute Gasteiger partial charge is 0.360 e. The van der Waals surface area contributed by atoms with Crippen LogP contribution in [0.1, 0.15) is 88.4 Å². The second-order valence-corrected chi connectivity index (χ2v) is 13.1. The number of aryl methyl sites for hydroxylation is 1. The molecule has 2 aromatic rings. The van der Waals surface area contributed by atoms with Crippen molar-refractivity contribution < 1.29 is 23.6 Å². The van der Waals surface area contributed by atoms with Crippen molar-refractivity contribution in [2.24, 2.45) is 11.8 Å². The van der Waals surface area contributed by atoms with Crippen LogP contribution in [-0.2, 0) is 19.1 Å². The average molecular weight is 573 g/mol. The van der Waals surface area contributed by atoms with Crippen molar-refractivity contribution in [2.45, 2.75) is 107 Å². The zero-order valence-corrected chi connectivity index (χ0v) is 24.4. The van der Waals surface area contributed by atoms with Gasteiger partial charge in [0.25, 0.3) is 0 Å². The Bertz CT molecular complexity index is 1410. The highest BCUT2D eigenvalue weighted by Crippen LogP contribution is 2.60. The molecule has 4 heterocycles. The van der Waals surface area contributed by atoms with Gasteiger partial charge in [-0.1, -0.05) is 68.0 Å². The van der Waals surface area contributed by atoms with Crippen LogP contribution >= 0.6 is 0 Å². The number of hydrogen-bond donors (Lipinski definition) is 2. The molecule has 2 aliphatic carbocycles. The first-order valence-corrected chi connectivity index (χ1v) is 15.7. The molecular formula is C33H40N4O5. The molecule has 3 amide bonds. The number of carbonyl (C=O) groups is 3. The van der Waals surface area contributed by atoms with Crippen molar-refractivity contribution in [3.05, 3.63) is 53.8 Å². The number of amides is 3. The molecule has 5 aliphatic rings. The minimum Gasteiger partial charge on any atom is -0.360 e. The van der Waals surface area contributed by atoms with E-state index in [4.69, 9.17) is 9.26 Å². The minimum absolute atomic E-state index is 0.0694. The minimum atomic E-state index is -1.26. The Labute approximate surface area is 246 Å². The van der Waals surface area contributed by atoms with Gasteiger partial charge in [-0.3, -0.25) is 19.3 Å². The molecule has 9 nitrogen and oxygen atoms in total. The summed E-state index contributed by atoms with van der Waals surface area (Å²) in [6.45, 7) is 3.57. The van der Waals surface area contributed by atoms with Crippen molar-refractivity contribution in [3.8, 4) is 0 Å². The molecule has 2 bridgehead atoms. The van der Waals surface area contributed by atoms with Crippen LogP contribution in [0.5, 0.6) is 0 Å². The lowest BCUT2D eigenvalue weighted by atomic mass is 9.70. The van der Waals surface area contributed by atoms with Gasteiger partial charge in [0, 0.05) is 17.8 Å². The van der Waals surface area contributed by atoms with Crippen LogP contribution in [0.15, 0.2) is 47.0 Å². The summed E-state index contributed by atoms with van der Waals surface area (Å²) >= 11 is 0. The first-order valence-electron chi connectivity index (χ1n) is 15.7. The second kappa shape index (κ2) is 10.4. The third kappa shape index (κ3) is 4.39. The maximum absolute atomic E-state index is 14.5. The van der Waals surface area contributed by atoms with Crippen molar-refractivity contribution >= 4 is 29.2 Å². The van der Waals surface area contributed by atoms with E-state index in [1.807, 2.05) is 31.2 Å². The van der Waals surface area contributed by atoms with Gasteiger partial charge in [-0.15, -0.1) is 0 Å². The summed E-state index contributed by atoms with van der Waals surface area (Å²) in [6, 6.07) is 8.91. The number of fused-ring (bicyclic) bond motifs is 1. The predicted molar refractivity (Wildman–Crippen MR) is 157 cm³/mol. The molecule has 0 radical (unpaired) electrons. The van der Waals surface area contributed by atoms with E-state index < -0.39 is 29.1 Å². The smallest absolute Gasteiger partial charge is 0.246 e. The van der Waals surface area contributed by atoms with Crippen LogP contribution < -0.4 is 15.5 Å². The van der Waals surface area contributed by atoms with Crippen LogP contribution in [0, 0.1) is 18.8 Å². The first kappa shape index (κ1) is 27.4. The van der Waals surface area contributed by atoms with Gasteiger partial charge in [0.2, 0.25) is 17.7 Å². The number of rotatable bonds is 6. The molecule has 5 atom stereocenters. The highest BCUT2D eigenvalue weighted by Gasteiger charge is 2.76. The van der Waals surface area contributed by atoms with Crippen molar-refractivity contribution in [2.75, 3.05) is 10.2 Å². The van der Waals surface area contributed by atoms with Crippen LogP contribution in [0.3, 0.4) is 0 Å². The molecule has 4 fully saturated rings. The second-order valence-electron chi connectivity index (χ2n) is 13.1. The number of anilines is 2. The molecule has 42 heavy (non-hydrogen) atoms. The van der Waals surface area contributed by atoms with E-state index >= 15 is 0 Å². The summed E-state index contributed by atoms with van der Waals surface area (Å²) in [5.74, 6) is -1.20. The standard InChI is InChI=1S/C33H40N4O5/c1-20-19-25(36-41-20)35-29(38)26-27-31(40)37(24-15-13-22(14-16-24)21-9-5-3-6-10-21)28(33(27)18-17-32(26,2)42-33)30(39)34-23-11-7-4-8-12-23/h13-19,21,23,26-28H,3-12H2,1-2H3,(H,34,39)(H,35,36,38)/t26-,27+,28-,32+,33-/m1/s1. The van der Waals surface area contributed by atoms with E-state index in [1.54, 1.807) is 17.9 Å². The maximum Gasteiger partial charge on any atom is 0.246 e. The summed E-state index contributed by atoms with van der Waals surface area (Å²) in [5.41, 5.74) is -0.363. The normalized spacial score (nSPS) is 32.8. The molecule has 7 rings (SSSR count). The van der Waals surface area contributed by atoms with Crippen LogP contribution in [0.2, 0.25) is 0 Å². The highest BCUT2D eigenvalue weighted by molar-refractivity contribution is 6.11. The van der Waals surface area contributed by atoms with Gasteiger partial charge in [0.05, 0.1) is 17.4 Å². The number of nitrogens with one attached hydrogen (secondary N) is 2. The number of carbonyl (C=O) groups excluding carboxylic acids is 3. The van der Waals surface area contributed by atoms with Crippen molar-refractivity contribution in [1.29, 1.82) is 0 Å². The van der Waals surface area contributed by atoms with Gasteiger partial charge < -0.3 is 19.9 Å². The third-order valence-corrected chi connectivity index (χ3v) is 10.3. The monoisotopic (exact) mass is 572 g/mol. The SMILES string of the molecule is Cc1cc(NC(=O)[C@H]2[C@H]3C(=O)N(c4ccc(C5CCCCC5)cc4)[C@H](C(=O)NC4CCCCC4)[C@@]34C=C[C@]2(C)O4)no1. The Morgan fingerprint density at radius 1 is 0.952 bits per heavy atom. The summed E-state index contributed by atoms with van der Waals surface area (Å²) < 4.78 is 11.8. The fraction of sp³-hybridized carbons (Fsp3) is 0.576. The van der Waals surface area contributed by atoms with E-state index in [9.17, 15) is 14.4 Å². The quantitative estimate of drug-likeness (QED) is 0.462. The fourth-order valence-electron chi connectivity index (χ4n) is 8.31. The van der Waals surface area contributed by atoms with E-state index in [0.29, 0.717) is 17.4 Å². The van der Waals surface area contributed by atoms with Crippen LogP contribution in [0.4, 0.5) is 11.5 Å². The van der Waals surface area contributed by atoms with E-state index in [-0.39, 0.29) is 29.6 Å². The summed E-state index contributed by atoms with van der Waals surface area (Å²) in [5, 5.41) is 9.99. The first-order chi connectivity index (χ1) is 20.3. The van der Waals surface area contributed by atoms with Gasteiger partial charge in [-0.2, -0.15) is 0 Å². The molecule has 2 saturated carbocycles. The van der Waals surface area contributed by atoms with Gasteiger partial charge in [-0.05, 0) is 63.1 Å². The highest BCUT2D eigenvalue weighted by atomic mass is 16.5. The molecule has 1 spiro atoms. The van der Waals surface area contributed by atoms with Crippen LogP contribution in [0.25, 0.3) is 0 Å². The third-order valence-electron chi connectivity index (χ3n) is 10.3. The van der Waals surface area contributed by atoms with Crippen LogP contribution in [-0.4, -0.2) is 46.2 Å². The fourth-order valence-corrected chi connectivity index (χ4v) is 8.31. The van der Waals surface area contributed by atoms with E-state index in [0.717, 1.165) is 25.7 Å². The lowest BCUT2D eigenvalue weighted by Crippen LogP contribution is -2.56. The lowest BCUT2D eigenvalue weighted by Gasteiger charge is -2.34. The predicted octanol–water partition coefficient (Wildman–Crippen LogP) is 5.16. The number of nitrogens with zero attached hydrogens (tertiary/aromatic N) is 2. The van der Waals surface area contributed by atoms with Gasteiger partial charge in [-0.25, -0.2) is 0 Å². The number of benzene rings is 1. The Balaban J connectivity index is 1.24. The average Bonchev–Trinajstić information content (AvgIpc) is 3.70. The Hall–Kier alpha value is -3.46. The summed E-state index contributed by atoms with van der Waals surface area (Å²) in [6.07, 6.45) is 15.0. The molecule has 222 valence electrons. The zero-order valence-electron chi connectivity index (χ0n) is 24.4. The maximum atomic E-state index is 14.5. The Morgan fingerprint density at radius 2 is 1.64 bits per heavy atom. The number of ether oxygens (including phenoxy) is 1. The van der Waals surface area contributed by atoms with Crippen molar-refractivity contribution in [3.63, 3.8) is 0 Å². The van der Waals surface area contributed by atoms with Gasteiger partial charge >= 0.3 is 0 Å². The molecular weight excluding hydrogens is 532 g/mol. The number of hydrogen-bond acceptors (Lipinski definition) is 6. The number of aromatic nitrogens is 1. The molecule has 0 unspecified atom stereocenters. The molecule has 2 N–H and O–H groups in total. The Morgan fingerprint density at radius 3 is 2.31 bits per heavy atom. The topological polar surface area (TPSA) is 114 Å². The molecule has 3 aliphatic heterocycles. The summed E-state index contributed by atoms with van der Waals surface area (Å²) in [7, 11) is 0. The Kier molecular flexibility index (Phi) is 6.76. The van der Waals surface area contributed by atoms with E-state index in [1.165, 1.54) is 44.1 Å². The molecule has 2 saturated heterocycles. The van der Waals surface area contributed by atoms with Crippen molar-refractivity contribution in [1.82, 2.24) is 10.5 Å². The lowest BCUT2D eigenvalue weighted by molar-refractivity contribution is -0.131. The molecule has 9 heteroatoms. The van der Waals surface area contributed by atoms with E-state index in [2.05, 4.69) is 27.9 Å².